The van der Waals surface area contributed by atoms with E-state index in [1.54, 1.807) is 85.4 Å². The lowest BCUT2D eigenvalue weighted by atomic mass is 10.2. The van der Waals surface area contributed by atoms with Gasteiger partial charge in [-0.15, -0.1) is 0 Å². The molecule has 0 aliphatic carbocycles. The molecule has 1 aromatic heterocycles. The van der Waals surface area contributed by atoms with Crippen molar-refractivity contribution in [3.63, 3.8) is 0 Å². The molecule has 11 heteroatoms. The fourth-order valence-electron chi connectivity index (χ4n) is 3.74. The van der Waals surface area contributed by atoms with Gasteiger partial charge in [0.1, 0.15) is 12.2 Å². The number of rotatable bonds is 8. The summed E-state index contributed by atoms with van der Waals surface area (Å²) in [5, 5.41) is 4.47. The average molecular weight is 538 g/mol. The van der Waals surface area contributed by atoms with Crippen molar-refractivity contribution < 1.29 is 13.2 Å². The minimum Gasteiger partial charge on any atom is -0.283 e. The number of carbonyl (C=O) groups is 1. The van der Waals surface area contributed by atoms with Gasteiger partial charge >= 0.3 is 0 Å². The summed E-state index contributed by atoms with van der Waals surface area (Å²) in [7, 11) is -2.63. The molecule has 1 N–H and O–H groups in total. The van der Waals surface area contributed by atoms with Crippen LogP contribution in [0.25, 0.3) is 5.69 Å². The fourth-order valence-corrected chi connectivity index (χ4v) is 5.36. The van der Waals surface area contributed by atoms with E-state index in [0.717, 1.165) is 4.31 Å². The Labute approximate surface area is 219 Å². The van der Waals surface area contributed by atoms with Crippen molar-refractivity contribution in [1.82, 2.24) is 14.8 Å². The predicted octanol–water partition coefficient (Wildman–Crippen LogP) is 3.48. The average Bonchev–Trinajstić information content (AvgIpc) is 3.12. The number of benzene rings is 3. The normalized spacial score (nSPS) is 11.5. The second kappa shape index (κ2) is 10.9. The quantitative estimate of drug-likeness (QED) is 0.274. The number of carbonyl (C=O) groups excluding carboxylic acids is 1. The third-order valence-electron chi connectivity index (χ3n) is 5.66. The summed E-state index contributed by atoms with van der Waals surface area (Å²) in [6, 6.07) is 23.2. The Morgan fingerprint density at radius 2 is 1.59 bits per heavy atom. The number of nitrogens with zero attached hydrogens (tertiary/aromatic N) is 4. The largest absolute Gasteiger partial charge is 0.296 e. The summed E-state index contributed by atoms with van der Waals surface area (Å²) in [5.41, 5.74) is 3.23. The van der Waals surface area contributed by atoms with Gasteiger partial charge in [0.2, 0.25) is 0 Å². The molecule has 0 radical (unpaired) electrons. The standard InChI is InChI=1S/C26H24ClN5O4S/c1-19-25(26(34)32(30(19)2)22-9-5-3-6-10-22)31(37(35,36)23-11-7-4-8-12-23)18-24(33)29-28-17-20-13-15-21(27)16-14-20/h3-17H,18H2,1-2H3,(H,29,33)/b28-17-. The Morgan fingerprint density at radius 1 is 1.00 bits per heavy atom. The van der Waals surface area contributed by atoms with Crippen molar-refractivity contribution in [3.8, 4) is 5.69 Å². The minimum absolute atomic E-state index is 0.0543. The van der Waals surface area contributed by atoms with Crippen molar-refractivity contribution >= 4 is 39.4 Å². The van der Waals surface area contributed by atoms with Crippen LogP contribution in [0.1, 0.15) is 11.3 Å². The van der Waals surface area contributed by atoms with E-state index in [4.69, 9.17) is 11.6 Å². The Balaban J connectivity index is 1.73. The maximum absolute atomic E-state index is 13.7. The van der Waals surface area contributed by atoms with Crippen LogP contribution < -0.4 is 15.3 Å². The van der Waals surface area contributed by atoms with E-state index in [1.165, 1.54) is 23.0 Å². The SMILES string of the molecule is Cc1c(N(CC(=O)N/N=C\c2ccc(Cl)cc2)S(=O)(=O)c2ccccc2)c(=O)n(-c2ccccc2)n1C. The molecule has 4 aromatic rings. The van der Waals surface area contributed by atoms with Crippen molar-refractivity contribution in [2.75, 3.05) is 10.8 Å². The van der Waals surface area contributed by atoms with E-state index < -0.39 is 28.0 Å². The van der Waals surface area contributed by atoms with Crippen molar-refractivity contribution in [1.29, 1.82) is 0 Å². The Hall–Kier alpha value is -4.15. The lowest BCUT2D eigenvalue weighted by Gasteiger charge is -2.22. The number of sulfonamides is 1. The highest BCUT2D eigenvalue weighted by Crippen LogP contribution is 2.25. The van der Waals surface area contributed by atoms with Crippen molar-refractivity contribution in [2.24, 2.45) is 12.1 Å². The van der Waals surface area contributed by atoms with Gasteiger partial charge in [-0.1, -0.05) is 60.1 Å². The van der Waals surface area contributed by atoms with Crippen LogP contribution in [-0.2, 0) is 21.9 Å². The lowest BCUT2D eigenvalue weighted by Crippen LogP contribution is -2.42. The summed E-state index contributed by atoms with van der Waals surface area (Å²) in [6.07, 6.45) is 1.40. The van der Waals surface area contributed by atoms with Crippen molar-refractivity contribution in [2.45, 2.75) is 11.8 Å². The first-order chi connectivity index (χ1) is 17.7. The molecular weight excluding hydrogens is 514 g/mol. The Bertz CT molecular complexity index is 1600. The van der Waals surface area contributed by atoms with Gasteiger partial charge in [0.15, 0.2) is 0 Å². The third kappa shape index (κ3) is 5.50. The van der Waals surface area contributed by atoms with Crippen LogP contribution in [-0.4, -0.2) is 36.4 Å². The molecule has 4 rings (SSSR count). The number of hydrogen-bond acceptors (Lipinski definition) is 5. The Kier molecular flexibility index (Phi) is 7.61. The number of aromatic nitrogens is 2. The minimum atomic E-state index is -4.28. The molecular formula is C26H24ClN5O4S. The third-order valence-corrected chi connectivity index (χ3v) is 7.68. The fraction of sp³-hybridized carbons (Fsp3) is 0.115. The summed E-state index contributed by atoms with van der Waals surface area (Å²) in [4.78, 5) is 26.4. The van der Waals surface area contributed by atoms with Crippen molar-refractivity contribution in [3.05, 3.63) is 112 Å². The molecule has 0 saturated heterocycles. The van der Waals surface area contributed by atoms with E-state index in [2.05, 4.69) is 10.5 Å². The van der Waals surface area contributed by atoms with Crippen LogP contribution in [0.3, 0.4) is 0 Å². The zero-order chi connectivity index (χ0) is 26.6. The summed E-state index contributed by atoms with van der Waals surface area (Å²) < 4.78 is 31.1. The zero-order valence-electron chi connectivity index (χ0n) is 20.1. The maximum Gasteiger partial charge on any atom is 0.296 e. The number of hydrazone groups is 1. The number of para-hydroxylation sites is 1. The molecule has 0 spiro atoms. The van der Waals surface area contributed by atoms with E-state index >= 15 is 0 Å². The van der Waals surface area contributed by atoms with Gasteiger partial charge in [0.25, 0.3) is 21.5 Å². The molecule has 0 aliphatic heterocycles. The van der Waals surface area contributed by atoms with Crippen LogP contribution in [0.4, 0.5) is 5.69 Å². The second-order valence-corrected chi connectivity index (χ2v) is 10.4. The topological polar surface area (TPSA) is 106 Å². The molecule has 0 fully saturated rings. The number of nitrogens with one attached hydrogen (secondary N) is 1. The van der Waals surface area contributed by atoms with E-state index in [1.807, 2.05) is 6.07 Å². The summed E-state index contributed by atoms with van der Waals surface area (Å²) in [5.74, 6) is -0.723. The van der Waals surface area contributed by atoms with Crippen LogP contribution in [0, 0.1) is 6.92 Å². The molecule has 1 heterocycles. The molecule has 3 aromatic carbocycles. The second-order valence-electron chi connectivity index (χ2n) is 8.08. The number of amides is 1. The molecule has 37 heavy (non-hydrogen) atoms. The number of hydrogen-bond donors (Lipinski definition) is 1. The van der Waals surface area contributed by atoms with E-state index in [9.17, 15) is 18.0 Å². The molecule has 0 bridgehead atoms. The van der Waals surface area contributed by atoms with E-state index in [0.29, 0.717) is 22.0 Å². The van der Waals surface area contributed by atoms with Crippen LogP contribution in [0.2, 0.25) is 5.02 Å². The van der Waals surface area contributed by atoms with Gasteiger partial charge in [-0.05, 0) is 48.9 Å². The molecule has 0 saturated carbocycles. The Morgan fingerprint density at radius 3 is 2.22 bits per heavy atom. The molecule has 0 unspecified atom stereocenters. The molecule has 0 atom stereocenters. The van der Waals surface area contributed by atoms with Crippen LogP contribution in [0.5, 0.6) is 0 Å². The van der Waals surface area contributed by atoms with Gasteiger partial charge in [-0.3, -0.25) is 14.3 Å². The molecule has 0 aliphatic rings. The summed E-state index contributed by atoms with van der Waals surface area (Å²) >= 11 is 5.88. The highest BCUT2D eigenvalue weighted by Gasteiger charge is 2.33. The predicted molar refractivity (Wildman–Crippen MR) is 144 cm³/mol. The highest BCUT2D eigenvalue weighted by molar-refractivity contribution is 7.92. The van der Waals surface area contributed by atoms with Gasteiger partial charge in [-0.2, -0.15) is 5.10 Å². The summed E-state index contributed by atoms with van der Waals surface area (Å²) in [6.45, 7) is 0.963. The molecule has 1 amide bonds. The monoisotopic (exact) mass is 537 g/mol. The highest BCUT2D eigenvalue weighted by atomic mass is 35.5. The van der Waals surface area contributed by atoms with Crippen LogP contribution >= 0.6 is 11.6 Å². The van der Waals surface area contributed by atoms with Gasteiger partial charge in [0, 0.05) is 12.1 Å². The van der Waals surface area contributed by atoms with Gasteiger partial charge < -0.3 is 0 Å². The van der Waals surface area contributed by atoms with Gasteiger partial charge in [0.05, 0.1) is 22.5 Å². The first-order valence-electron chi connectivity index (χ1n) is 11.2. The van der Waals surface area contributed by atoms with Crippen LogP contribution in [0.15, 0.2) is 99.7 Å². The first-order valence-corrected chi connectivity index (χ1v) is 13.0. The van der Waals surface area contributed by atoms with Gasteiger partial charge in [-0.25, -0.2) is 22.8 Å². The maximum atomic E-state index is 13.7. The number of halogens is 1. The lowest BCUT2D eigenvalue weighted by molar-refractivity contribution is -0.119. The van der Waals surface area contributed by atoms with E-state index in [-0.39, 0.29) is 10.6 Å². The molecule has 190 valence electrons. The number of anilines is 1. The smallest absolute Gasteiger partial charge is 0.283 e. The zero-order valence-corrected chi connectivity index (χ0v) is 21.6. The first kappa shape index (κ1) is 25.9. The molecule has 9 nitrogen and oxygen atoms in total.